The van der Waals surface area contributed by atoms with Crippen LogP contribution >= 0.6 is 0 Å². The van der Waals surface area contributed by atoms with Gasteiger partial charge >= 0.3 is 6.09 Å². The highest BCUT2D eigenvalue weighted by Gasteiger charge is 2.53. The fraction of sp³-hybridized carbons (Fsp3) is 0.792. The molecular formula is C24H36N4O3. The highest BCUT2D eigenvalue weighted by Crippen LogP contribution is 2.61. The average Bonchev–Trinajstić information content (AvgIpc) is 3.08. The Morgan fingerprint density at radius 3 is 2.35 bits per heavy atom. The Kier molecular flexibility index (Phi) is 4.87. The lowest BCUT2D eigenvalue weighted by atomic mass is 9.48. The van der Waals surface area contributed by atoms with Crippen molar-refractivity contribution in [1.29, 1.82) is 0 Å². The van der Waals surface area contributed by atoms with E-state index >= 15 is 0 Å². The van der Waals surface area contributed by atoms with Gasteiger partial charge < -0.3 is 15.0 Å². The second-order valence-corrected chi connectivity index (χ2v) is 11.7. The number of carbonyl (C=O) groups is 2. The highest BCUT2D eigenvalue weighted by molar-refractivity contribution is 5.94. The maximum absolute atomic E-state index is 13.3. The average molecular weight is 429 g/mol. The van der Waals surface area contributed by atoms with Crippen molar-refractivity contribution in [2.75, 3.05) is 6.54 Å². The van der Waals surface area contributed by atoms with Crippen molar-refractivity contribution in [1.82, 2.24) is 20.4 Å². The normalized spacial score (nSPS) is 32.5. The Balaban J connectivity index is 1.28. The summed E-state index contributed by atoms with van der Waals surface area (Å²) < 4.78 is 5.53. The molecule has 2 amide bonds. The molecule has 1 unspecified atom stereocenters. The van der Waals surface area contributed by atoms with Crippen LogP contribution in [0.4, 0.5) is 4.79 Å². The van der Waals surface area contributed by atoms with Crippen molar-refractivity contribution < 1.29 is 14.3 Å². The summed E-state index contributed by atoms with van der Waals surface area (Å²) in [5.41, 5.74) is 1.92. The topological polar surface area (TPSA) is 87.3 Å². The minimum Gasteiger partial charge on any atom is -0.444 e. The van der Waals surface area contributed by atoms with Crippen molar-refractivity contribution in [2.24, 2.45) is 23.2 Å². The van der Waals surface area contributed by atoms with E-state index in [0.717, 1.165) is 29.0 Å². The maximum atomic E-state index is 13.3. The zero-order valence-electron chi connectivity index (χ0n) is 19.3. The number of hydrogen-bond acceptors (Lipinski definition) is 4. The molecule has 4 bridgehead atoms. The van der Waals surface area contributed by atoms with Gasteiger partial charge in [-0.1, -0.05) is 0 Å². The van der Waals surface area contributed by atoms with Gasteiger partial charge in [-0.25, -0.2) is 4.79 Å². The summed E-state index contributed by atoms with van der Waals surface area (Å²) in [4.78, 5) is 27.5. The van der Waals surface area contributed by atoms with E-state index < -0.39 is 5.60 Å². The molecule has 1 atom stereocenters. The molecule has 0 aromatic carbocycles. The Hall–Kier alpha value is -2.05. The Morgan fingerprint density at radius 2 is 1.77 bits per heavy atom. The number of amides is 2. The van der Waals surface area contributed by atoms with Crippen molar-refractivity contribution >= 4 is 12.0 Å². The molecule has 1 aromatic rings. The van der Waals surface area contributed by atoms with E-state index in [2.05, 4.69) is 22.4 Å². The molecule has 4 aliphatic carbocycles. The molecule has 170 valence electrons. The van der Waals surface area contributed by atoms with E-state index in [1.54, 1.807) is 4.90 Å². The lowest BCUT2D eigenvalue weighted by molar-refractivity contribution is -0.0688. The van der Waals surface area contributed by atoms with Gasteiger partial charge in [0.25, 0.3) is 5.91 Å². The van der Waals surface area contributed by atoms with Crippen molar-refractivity contribution in [3.8, 4) is 0 Å². The number of fused-ring (bicyclic) bond motifs is 1. The number of ether oxygens (including phenoxy) is 1. The first kappa shape index (κ1) is 20.8. The Labute approximate surface area is 184 Å². The zero-order chi connectivity index (χ0) is 22.0. The van der Waals surface area contributed by atoms with Crippen molar-refractivity contribution in [2.45, 2.75) is 90.8 Å². The van der Waals surface area contributed by atoms with E-state index in [4.69, 9.17) is 4.74 Å². The summed E-state index contributed by atoms with van der Waals surface area (Å²) in [6.07, 6.45) is 8.27. The third-order valence-corrected chi connectivity index (χ3v) is 8.15. The number of H-pyrrole nitrogens is 1. The molecule has 2 heterocycles. The summed E-state index contributed by atoms with van der Waals surface area (Å²) in [6, 6.07) is 0.145. The predicted octanol–water partition coefficient (Wildman–Crippen LogP) is 4.04. The van der Waals surface area contributed by atoms with Crippen molar-refractivity contribution in [3.05, 3.63) is 17.0 Å². The minimum atomic E-state index is -0.540. The quantitative estimate of drug-likeness (QED) is 0.761. The highest BCUT2D eigenvalue weighted by atomic mass is 16.6. The summed E-state index contributed by atoms with van der Waals surface area (Å²) in [7, 11) is 0. The van der Waals surface area contributed by atoms with E-state index in [0.29, 0.717) is 25.2 Å². The number of hydrogen-bond donors (Lipinski definition) is 2. The van der Waals surface area contributed by atoms with Gasteiger partial charge in [-0.3, -0.25) is 9.89 Å². The number of aromatic amines is 1. The van der Waals surface area contributed by atoms with Gasteiger partial charge in [-0.05, 0) is 89.4 Å². The fourth-order valence-electron chi connectivity index (χ4n) is 7.09. The first-order chi connectivity index (χ1) is 14.6. The molecule has 7 nitrogen and oxygen atoms in total. The molecule has 2 N–H and O–H groups in total. The second kappa shape index (κ2) is 7.24. The Morgan fingerprint density at radius 1 is 1.16 bits per heavy atom. The lowest BCUT2D eigenvalue weighted by Crippen LogP contribution is -2.56. The molecule has 4 saturated carbocycles. The first-order valence-electron chi connectivity index (χ1n) is 12.0. The van der Waals surface area contributed by atoms with Crippen molar-refractivity contribution in [3.63, 3.8) is 0 Å². The van der Waals surface area contributed by atoms with Crippen LogP contribution in [-0.2, 0) is 17.7 Å². The number of rotatable bonds is 3. The molecule has 0 radical (unpaired) electrons. The molecule has 0 saturated heterocycles. The second-order valence-electron chi connectivity index (χ2n) is 11.7. The van der Waals surface area contributed by atoms with Gasteiger partial charge in [0.05, 0.1) is 6.54 Å². The SMILES string of the molecule is CC(NC(=O)c1n[nH]c2c1CN(C(=O)OC(C)(C)C)CC2)C12CC3CC(CC(C3)C1)C2. The molecule has 7 heteroatoms. The maximum Gasteiger partial charge on any atom is 0.410 e. The van der Waals surface area contributed by atoms with Crippen LogP contribution in [0.25, 0.3) is 0 Å². The summed E-state index contributed by atoms with van der Waals surface area (Å²) >= 11 is 0. The van der Waals surface area contributed by atoms with Gasteiger partial charge in [-0.2, -0.15) is 5.10 Å². The van der Waals surface area contributed by atoms with Crippen LogP contribution in [0.2, 0.25) is 0 Å². The van der Waals surface area contributed by atoms with Gasteiger partial charge in [0.1, 0.15) is 5.60 Å². The molecule has 1 aliphatic heterocycles. The Bertz CT molecular complexity index is 849. The van der Waals surface area contributed by atoms with E-state index in [1.165, 1.54) is 38.5 Å². The van der Waals surface area contributed by atoms with Crippen LogP contribution < -0.4 is 5.32 Å². The summed E-state index contributed by atoms with van der Waals surface area (Å²) in [5, 5.41) is 10.7. The smallest absolute Gasteiger partial charge is 0.410 e. The molecular weight excluding hydrogens is 392 g/mol. The zero-order valence-corrected chi connectivity index (χ0v) is 19.3. The van der Waals surface area contributed by atoms with Crippen LogP contribution in [0.5, 0.6) is 0 Å². The number of aromatic nitrogens is 2. The van der Waals surface area contributed by atoms with Gasteiger partial charge in [0.2, 0.25) is 0 Å². The van der Waals surface area contributed by atoms with Crippen LogP contribution in [0, 0.1) is 23.2 Å². The molecule has 31 heavy (non-hydrogen) atoms. The van der Waals surface area contributed by atoms with Gasteiger partial charge in [-0.15, -0.1) is 0 Å². The molecule has 4 fully saturated rings. The summed E-state index contributed by atoms with van der Waals surface area (Å²) in [5.74, 6) is 2.44. The molecule has 1 aromatic heterocycles. The fourth-order valence-corrected chi connectivity index (χ4v) is 7.09. The molecule has 5 aliphatic rings. The van der Waals surface area contributed by atoms with Crippen LogP contribution in [0.3, 0.4) is 0 Å². The number of nitrogens with zero attached hydrogens (tertiary/aromatic N) is 2. The van der Waals surface area contributed by atoms with E-state index in [-0.39, 0.29) is 23.5 Å². The largest absolute Gasteiger partial charge is 0.444 e. The van der Waals surface area contributed by atoms with Crippen LogP contribution in [-0.4, -0.2) is 45.3 Å². The third kappa shape index (κ3) is 3.85. The van der Waals surface area contributed by atoms with E-state index in [9.17, 15) is 9.59 Å². The predicted molar refractivity (Wildman–Crippen MR) is 116 cm³/mol. The van der Waals surface area contributed by atoms with Crippen LogP contribution in [0.1, 0.15) is 88.0 Å². The first-order valence-corrected chi connectivity index (χ1v) is 12.0. The molecule has 0 spiro atoms. The van der Waals surface area contributed by atoms with E-state index in [1.807, 2.05) is 20.8 Å². The monoisotopic (exact) mass is 428 g/mol. The number of nitrogens with one attached hydrogen (secondary N) is 2. The lowest BCUT2D eigenvalue weighted by Gasteiger charge is -2.59. The number of carbonyl (C=O) groups excluding carboxylic acids is 2. The minimum absolute atomic E-state index is 0.119. The summed E-state index contributed by atoms with van der Waals surface area (Å²) in [6.45, 7) is 8.70. The van der Waals surface area contributed by atoms with Gasteiger partial charge in [0, 0.05) is 30.3 Å². The molecule has 6 rings (SSSR count). The van der Waals surface area contributed by atoms with Gasteiger partial charge in [0.15, 0.2) is 5.69 Å². The third-order valence-electron chi connectivity index (χ3n) is 8.15. The standard InChI is InChI=1S/C24H36N4O3/c1-14(24-10-15-7-16(11-24)9-17(8-15)12-24)25-21(29)20-18-13-28(6-5-19(18)26-27-20)22(30)31-23(2,3)4/h14-17H,5-13H2,1-4H3,(H,25,29)(H,26,27). The van der Waals surface area contributed by atoms with Crippen LogP contribution in [0.15, 0.2) is 0 Å².